The van der Waals surface area contributed by atoms with Gasteiger partial charge in [-0.2, -0.15) is 0 Å². The third kappa shape index (κ3) is 3.89. The van der Waals surface area contributed by atoms with E-state index < -0.39 is 0 Å². The number of fused-ring (bicyclic) bond motifs is 1. The molecule has 0 aliphatic carbocycles. The van der Waals surface area contributed by atoms with Gasteiger partial charge in [0.1, 0.15) is 5.82 Å². The average molecular weight is 258 g/mol. The number of aryl methyl sites for hydroxylation is 1. The lowest BCUT2D eigenvalue weighted by atomic mass is 10.2. The number of nitrogens with two attached hydrogens (primary N) is 1. The molecule has 102 valence electrons. The van der Waals surface area contributed by atoms with Crippen LogP contribution in [0.15, 0.2) is 24.3 Å². The first-order valence-electron chi connectivity index (χ1n) is 6.98. The minimum Gasteiger partial charge on any atom is -0.369 e. The molecule has 19 heavy (non-hydrogen) atoms. The van der Waals surface area contributed by atoms with Crippen molar-refractivity contribution in [2.75, 3.05) is 18.4 Å². The molecule has 0 aliphatic rings. The Bertz CT molecular complexity index is 525. The van der Waals surface area contributed by atoms with E-state index in [0.717, 1.165) is 48.5 Å². The van der Waals surface area contributed by atoms with Gasteiger partial charge in [-0.3, -0.25) is 0 Å². The molecule has 2 aromatic rings. The van der Waals surface area contributed by atoms with E-state index in [2.05, 4.69) is 15.3 Å². The highest BCUT2D eigenvalue weighted by Gasteiger charge is 2.03. The molecule has 0 unspecified atom stereocenters. The number of unbranched alkanes of at least 4 members (excludes halogenated alkanes) is 3. The van der Waals surface area contributed by atoms with Gasteiger partial charge in [0.25, 0.3) is 0 Å². The first-order valence-corrected chi connectivity index (χ1v) is 6.98. The zero-order valence-corrected chi connectivity index (χ0v) is 11.5. The molecule has 2 rings (SSSR count). The van der Waals surface area contributed by atoms with E-state index in [0.29, 0.717) is 0 Å². The number of benzene rings is 1. The van der Waals surface area contributed by atoms with Crippen LogP contribution in [0.3, 0.4) is 0 Å². The lowest BCUT2D eigenvalue weighted by molar-refractivity contribution is 0.661. The van der Waals surface area contributed by atoms with E-state index >= 15 is 0 Å². The SMILES string of the molecule is Cc1nc2ccccc2nc1NCCCCCCN. The van der Waals surface area contributed by atoms with Gasteiger partial charge in [-0.15, -0.1) is 0 Å². The zero-order valence-electron chi connectivity index (χ0n) is 11.5. The molecule has 1 aromatic heterocycles. The van der Waals surface area contributed by atoms with Crippen molar-refractivity contribution in [3.63, 3.8) is 0 Å². The molecule has 0 fully saturated rings. The van der Waals surface area contributed by atoms with Crippen LogP contribution in [0, 0.1) is 6.92 Å². The molecule has 0 radical (unpaired) electrons. The van der Waals surface area contributed by atoms with Gasteiger partial charge in [0.15, 0.2) is 0 Å². The van der Waals surface area contributed by atoms with Crippen molar-refractivity contribution in [2.45, 2.75) is 32.6 Å². The molecule has 0 amide bonds. The highest BCUT2D eigenvalue weighted by Crippen LogP contribution is 2.15. The van der Waals surface area contributed by atoms with Crippen LogP contribution in [-0.4, -0.2) is 23.1 Å². The number of anilines is 1. The maximum absolute atomic E-state index is 5.47. The molecule has 0 bridgehead atoms. The van der Waals surface area contributed by atoms with Crippen LogP contribution in [0.4, 0.5) is 5.82 Å². The Balaban J connectivity index is 1.91. The van der Waals surface area contributed by atoms with Crippen LogP contribution in [0.2, 0.25) is 0 Å². The number of rotatable bonds is 7. The topological polar surface area (TPSA) is 63.8 Å². The molecule has 0 spiro atoms. The molecule has 4 nitrogen and oxygen atoms in total. The van der Waals surface area contributed by atoms with Gasteiger partial charge >= 0.3 is 0 Å². The Hall–Kier alpha value is -1.68. The van der Waals surface area contributed by atoms with Crippen molar-refractivity contribution in [1.29, 1.82) is 0 Å². The standard InChI is InChI=1S/C15H22N4/c1-12-15(17-11-7-3-2-6-10-16)19-14-9-5-4-8-13(14)18-12/h4-5,8-9H,2-3,6-7,10-11,16H2,1H3,(H,17,19). The first-order chi connectivity index (χ1) is 9.31. The second kappa shape index (κ2) is 7.04. The van der Waals surface area contributed by atoms with Gasteiger partial charge in [-0.25, -0.2) is 9.97 Å². The van der Waals surface area contributed by atoms with Crippen LogP contribution in [-0.2, 0) is 0 Å². The molecule has 1 aromatic carbocycles. The predicted molar refractivity (Wildman–Crippen MR) is 80.3 cm³/mol. The Labute approximate surface area is 114 Å². The van der Waals surface area contributed by atoms with E-state index in [1.54, 1.807) is 0 Å². The number of aromatic nitrogens is 2. The Kier molecular flexibility index (Phi) is 5.10. The third-order valence-electron chi connectivity index (χ3n) is 3.17. The summed E-state index contributed by atoms with van der Waals surface area (Å²) in [6.07, 6.45) is 4.69. The lowest BCUT2D eigenvalue weighted by Gasteiger charge is -2.09. The van der Waals surface area contributed by atoms with Gasteiger partial charge < -0.3 is 11.1 Å². The smallest absolute Gasteiger partial charge is 0.148 e. The van der Waals surface area contributed by atoms with Crippen molar-refractivity contribution in [3.05, 3.63) is 30.0 Å². The zero-order chi connectivity index (χ0) is 13.5. The van der Waals surface area contributed by atoms with Gasteiger partial charge in [0.2, 0.25) is 0 Å². The largest absolute Gasteiger partial charge is 0.369 e. The minimum atomic E-state index is 0.794. The van der Waals surface area contributed by atoms with E-state index in [4.69, 9.17) is 5.73 Å². The summed E-state index contributed by atoms with van der Waals surface area (Å²) in [5.74, 6) is 0.900. The summed E-state index contributed by atoms with van der Waals surface area (Å²) in [5, 5.41) is 3.38. The second-order valence-electron chi connectivity index (χ2n) is 4.78. The summed E-state index contributed by atoms with van der Waals surface area (Å²) >= 11 is 0. The van der Waals surface area contributed by atoms with Crippen molar-refractivity contribution >= 4 is 16.9 Å². The lowest BCUT2D eigenvalue weighted by Crippen LogP contribution is -2.07. The van der Waals surface area contributed by atoms with Crippen molar-refractivity contribution in [3.8, 4) is 0 Å². The maximum atomic E-state index is 5.47. The molecular formula is C15H22N4. The number of nitrogens with zero attached hydrogens (tertiary/aromatic N) is 2. The number of nitrogens with one attached hydrogen (secondary N) is 1. The summed E-state index contributed by atoms with van der Waals surface area (Å²) in [6.45, 7) is 3.73. The highest BCUT2D eigenvalue weighted by atomic mass is 15.0. The average Bonchev–Trinajstić information content (AvgIpc) is 2.43. The van der Waals surface area contributed by atoms with Crippen LogP contribution in [0.5, 0.6) is 0 Å². The number of hydrogen-bond donors (Lipinski definition) is 2. The second-order valence-corrected chi connectivity index (χ2v) is 4.78. The summed E-state index contributed by atoms with van der Waals surface area (Å²) in [7, 11) is 0. The van der Waals surface area contributed by atoms with E-state index in [1.807, 2.05) is 31.2 Å². The van der Waals surface area contributed by atoms with E-state index in [1.165, 1.54) is 12.8 Å². The Morgan fingerprint density at radius 1 is 1.00 bits per heavy atom. The fourth-order valence-electron chi connectivity index (χ4n) is 2.09. The van der Waals surface area contributed by atoms with Gasteiger partial charge in [0.05, 0.1) is 16.7 Å². The minimum absolute atomic E-state index is 0.794. The summed E-state index contributed by atoms with van der Waals surface area (Å²) in [4.78, 5) is 9.18. The van der Waals surface area contributed by atoms with E-state index in [9.17, 15) is 0 Å². The molecule has 3 N–H and O–H groups in total. The Morgan fingerprint density at radius 2 is 1.68 bits per heavy atom. The first kappa shape index (κ1) is 13.7. The molecule has 4 heteroatoms. The van der Waals surface area contributed by atoms with Crippen LogP contribution in [0.25, 0.3) is 11.0 Å². The monoisotopic (exact) mass is 258 g/mol. The third-order valence-corrected chi connectivity index (χ3v) is 3.17. The molecule has 1 heterocycles. The molecule has 0 saturated heterocycles. The van der Waals surface area contributed by atoms with Crippen molar-refractivity contribution in [1.82, 2.24) is 9.97 Å². The normalized spacial score (nSPS) is 10.8. The molecule has 0 aliphatic heterocycles. The van der Waals surface area contributed by atoms with Crippen LogP contribution < -0.4 is 11.1 Å². The summed E-state index contributed by atoms with van der Waals surface area (Å²) < 4.78 is 0. The Morgan fingerprint density at radius 3 is 2.42 bits per heavy atom. The summed E-state index contributed by atoms with van der Waals surface area (Å²) in [5.41, 5.74) is 8.33. The van der Waals surface area contributed by atoms with Crippen molar-refractivity contribution < 1.29 is 0 Å². The van der Waals surface area contributed by atoms with Gasteiger partial charge in [-0.1, -0.05) is 25.0 Å². The van der Waals surface area contributed by atoms with Crippen LogP contribution in [0.1, 0.15) is 31.4 Å². The maximum Gasteiger partial charge on any atom is 0.148 e. The number of para-hydroxylation sites is 2. The highest BCUT2D eigenvalue weighted by molar-refractivity contribution is 5.76. The fourth-order valence-corrected chi connectivity index (χ4v) is 2.09. The summed E-state index contributed by atoms with van der Waals surface area (Å²) in [6, 6.07) is 7.96. The quantitative estimate of drug-likeness (QED) is 0.750. The van der Waals surface area contributed by atoms with Crippen LogP contribution >= 0.6 is 0 Å². The number of hydrogen-bond acceptors (Lipinski definition) is 4. The predicted octanol–water partition coefficient (Wildman–Crippen LogP) is 2.87. The molecular weight excluding hydrogens is 236 g/mol. The fraction of sp³-hybridized carbons (Fsp3) is 0.467. The van der Waals surface area contributed by atoms with E-state index in [-0.39, 0.29) is 0 Å². The molecule has 0 atom stereocenters. The van der Waals surface area contributed by atoms with Crippen molar-refractivity contribution in [2.24, 2.45) is 5.73 Å². The van der Waals surface area contributed by atoms with Gasteiger partial charge in [0, 0.05) is 6.54 Å². The van der Waals surface area contributed by atoms with Gasteiger partial charge in [-0.05, 0) is 38.4 Å². The molecule has 0 saturated carbocycles.